The van der Waals surface area contributed by atoms with Crippen LogP contribution < -0.4 is 10.1 Å². The number of carbonyl (C=O) groups excluding carboxylic acids is 1. The van der Waals surface area contributed by atoms with E-state index in [1.807, 2.05) is 68.4 Å². The molecule has 140 valence electrons. The maximum atomic E-state index is 12.3. The van der Waals surface area contributed by atoms with Crippen molar-refractivity contribution in [3.63, 3.8) is 0 Å². The molecule has 1 heterocycles. The number of hydrogen-bond acceptors (Lipinski definition) is 3. The lowest BCUT2D eigenvalue weighted by atomic mass is 10.1. The number of hydrogen-bond donors (Lipinski definition) is 2. The Bertz CT molecular complexity index is 907. The van der Waals surface area contributed by atoms with E-state index in [1.54, 1.807) is 0 Å². The Morgan fingerprint density at radius 1 is 1.15 bits per heavy atom. The van der Waals surface area contributed by atoms with Gasteiger partial charge in [0.05, 0.1) is 16.7 Å². The molecule has 1 amide bonds. The van der Waals surface area contributed by atoms with Crippen LogP contribution in [0.3, 0.4) is 0 Å². The van der Waals surface area contributed by atoms with Gasteiger partial charge in [-0.05, 0) is 33.5 Å². The summed E-state index contributed by atoms with van der Waals surface area (Å²) in [5, 5.41) is 9.86. The highest BCUT2D eigenvalue weighted by molar-refractivity contribution is 9.10. The molecule has 0 radical (unpaired) electrons. The third-order valence-electron chi connectivity index (χ3n) is 4.14. The summed E-state index contributed by atoms with van der Waals surface area (Å²) in [7, 11) is 0. The molecule has 0 spiro atoms. The van der Waals surface area contributed by atoms with E-state index in [1.165, 1.54) is 0 Å². The normalized spacial score (nSPS) is 10.8. The Kier molecular flexibility index (Phi) is 6.29. The number of amides is 1. The largest absolute Gasteiger partial charge is 0.491 e. The van der Waals surface area contributed by atoms with Crippen LogP contribution in [0, 0.1) is 0 Å². The Balaban J connectivity index is 1.58. The molecule has 0 fully saturated rings. The first kappa shape index (κ1) is 19.2. The molecule has 2 N–H and O–H groups in total. The summed E-state index contributed by atoms with van der Waals surface area (Å²) in [5.74, 6) is 0.817. The van der Waals surface area contributed by atoms with Crippen LogP contribution in [-0.4, -0.2) is 29.3 Å². The molecule has 2 aromatic carbocycles. The van der Waals surface area contributed by atoms with E-state index < -0.39 is 0 Å². The van der Waals surface area contributed by atoms with Gasteiger partial charge in [-0.25, -0.2) is 0 Å². The summed E-state index contributed by atoms with van der Waals surface area (Å²) in [6.45, 7) is 4.84. The molecule has 6 heteroatoms. The average Bonchev–Trinajstić information content (AvgIpc) is 3.08. The van der Waals surface area contributed by atoms with Gasteiger partial charge in [-0.1, -0.05) is 62.4 Å². The van der Waals surface area contributed by atoms with Crippen LogP contribution in [0.5, 0.6) is 5.75 Å². The summed E-state index contributed by atoms with van der Waals surface area (Å²) in [6, 6.07) is 18.0. The number of nitrogens with one attached hydrogen (secondary N) is 2. The number of benzene rings is 2. The van der Waals surface area contributed by atoms with Crippen LogP contribution in [0.25, 0.3) is 11.1 Å². The van der Waals surface area contributed by atoms with Crippen molar-refractivity contribution < 1.29 is 9.53 Å². The second-order valence-corrected chi connectivity index (χ2v) is 7.21. The van der Waals surface area contributed by atoms with Crippen molar-refractivity contribution >= 4 is 21.8 Å². The first-order valence-corrected chi connectivity index (χ1v) is 9.66. The van der Waals surface area contributed by atoms with Crippen molar-refractivity contribution in [2.45, 2.75) is 19.8 Å². The van der Waals surface area contributed by atoms with Crippen LogP contribution in [0.4, 0.5) is 0 Å². The van der Waals surface area contributed by atoms with Crippen molar-refractivity contribution in [1.82, 2.24) is 15.5 Å². The van der Waals surface area contributed by atoms with E-state index in [9.17, 15) is 4.79 Å². The molecule has 0 aliphatic rings. The van der Waals surface area contributed by atoms with E-state index in [-0.39, 0.29) is 11.8 Å². The maximum Gasteiger partial charge on any atom is 0.273 e. The van der Waals surface area contributed by atoms with Crippen molar-refractivity contribution in [3.8, 4) is 16.9 Å². The minimum absolute atomic E-state index is 0.232. The zero-order chi connectivity index (χ0) is 19.2. The quantitative estimate of drug-likeness (QED) is 0.533. The van der Waals surface area contributed by atoms with Crippen LogP contribution >= 0.6 is 15.9 Å². The molecule has 0 unspecified atom stereocenters. The van der Waals surface area contributed by atoms with Crippen LogP contribution in [0.2, 0.25) is 0 Å². The second kappa shape index (κ2) is 8.86. The number of aromatic nitrogens is 2. The Morgan fingerprint density at radius 2 is 1.85 bits per heavy atom. The Hall–Kier alpha value is -2.60. The fourth-order valence-corrected chi connectivity index (χ4v) is 3.55. The van der Waals surface area contributed by atoms with Gasteiger partial charge in [0.25, 0.3) is 5.91 Å². The second-order valence-electron chi connectivity index (χ2n) is 6.42. The molecule has 0 atom stereocenters. The highest BCUT2D eigenvalue weighted by atomic mass is 79.9. The highest BCUT2D eigenvalue weighted by Gasteiger charge is 2.18. The summed E-state index contributed by atoms with van der Waals surface area (Å²) < 4.78 is 6.61. The lowest BCUT2D eigenvalue weighted by Crippen LogP contribution is -2.28. The topological polar surface area (TPSA) is 67.0 Å². The van der Waals surface area contributed by atoms with E-state index in [4.69, 9.17) is 4.74 Å². The number of rotatable bonds is 7. The van der Waals surface area contributed by atoms with E-state index >= 15 is 0 Å². The number of halogens is 1. The Labute approximate surface area is 167 Å². The number of ether oxygens (including phenoxy) is 1. The van der Waals surface area contributed by atoms with Crippen LogP contribution in [0.1, 0.15) is 35.9 Å². The highest BCUT2D eigenvalue weighted by Crippen LogP contribution is 2.29. The van der Waals surface area contributed by atoms with Gasteiger partial charge in [0, 0.05) is 5.56 Å². The minimum Gasteiger partial charge on any atom is -0.491 e. The SMILES string of the molecule is CC(C)c1[nH]nc(C(=O)NCCOc2ccccc2-c2ccccc2)c1Br. The van der Waals surface area contributed by atoms with Gasteiger partial charge >= 0.3 is 0 Å². The summed E-state index contributed by atoms with van der Waals surface area (Å²) >= 11 is 3.45. The number of aromatic amines is 1. The molecule has 27 heavy (non-hydrogen) atoms. The molecule has 3 rings (SSSR count). The number of para-hydroxylation sites is 1. The first-order chi connectivity index (χ1) is 13.1. The molecular weight excluding hydrogens is 406 g/mol. The van der Waals surface area contributed by atoms with Gasteiger partial charge in [0.2, 0.25) is 0 Å². The standard InChI is InChI=1S/C21H22BrN3O2/c1-14(2)19-18(22)20(25-24-19)21(26)23-12-13-27-17-11-7-6-10-16(17)15-8-4-3-5-9-15/h3-11,14H,12-13H2,1-2H3,(H,23,26)(H,24,25). The molecule has 0 saturated carbocycles. The van der Waals surface area contributed by atoms with E-state index in [2.05, 4.69) is 31.4 Å². The van der Waals surface area contributed by atoms with Crippen molar-refractivity contribution in [2.75, 3.05) is 13.2 Å². The van der Waals surface area contributed by atoms with Gasteiger partial charge in [0.1, 0.15) is 12.4 Å². The first-order valence-electron chi connectivity index (χ1n) is 8.87. The summed E-state index contributed by atoms with van der Waals surface area (Å²) in [5.41, 5.74) is 3.40. The molecule has 0 saturated heterocycles. The molecule has 0 bridgehead atoms. The number of carbonyl (C=O) groups is 1. The van der Waals surface area contributed by atoms with Gasteiger partial charge in [-0.15, -0.1) is 0 Å². The molecule has 0 aliphatic heterocycles. The molecule has 5 nitrogen and oxygen atoms in total. The van der Waals surface area contributed by atoms with Crippen molar-refractivity contribution in [3.05, 3.63) is 70.5 Å². The number of nitrogens with zero attached hydrogens (tertiary/aromatic N) is 1. The maximum absolute atomic E-state index is 12.3. The van der Waals surface area contributed by atoms with Gasteiger partial charge in [-0.2, -0.15) is 5.10 Å². The summed E-state index contributed by atoms with van der Waals surface area (Å²) in [6.07, 6.45) is 0. The Morgan fingerprint density at radius 3 is 2.56 bits per heavy atom. The van der Waals surface area contributed by atoms with E-state index in [0.717, 1.165) is 22.6 Å². The third-order valence-corrected chi connectivity index (χ3v) is 4.94. The molecule has 0 aliphatic carbocycles. The van der Waals surface area contributed by atoms with Crippen molar-refractivity contribution in [2.24, 2.45) is 0 Å². The molecule has 3 aromatic rings. The van der Waals surface area contributed by atoms with E-state index in [0.29, 0.717) is 23.3 Å². The predicted molar refractivity (Wildman–Crippen MR) is 110 cm³/mol. The zero-order valence-corrected chi connectivity index (χ0v) is 16.9. The molecular formula is C21H22BrN3O2. The fraction of sp³-hybridized carbons (Fsp3) is 0.238. The number of H-pyrrole nitrogens is 1. The van der Waals surface area contributed by atoms with Crippen LogP contribution in [-0.2, 0) is 0 Å². The minimum atomic E-state index is -0.232. The summed E-state index contributed by atoms with van der Waals surface area (Å²) in [4.78, 5) is 12.3. The zero-order valence-electron chi connectivity index (χ0n) is 15.3. The fourth-order valence-electron chi connectivity index (χ4n) is 2.73. The lowest BCUT2D eigenvalue weighted by Gasteiger charge is -2.12. The van der Waals surface area contributed by atoms with Crippen molar-refractivity contribution in [1.29, 1.82) is 0 Å². The molecule has 1 aromatic heterocycles. The van der Waals surface area contributed by atoms with Gasteiger partial charge < -0.3 is 10.1 Å². The monoisotopic (exact) mass is 427 g/mol. The smallest absolute Gasteiger partial charge is 0.273 e. The average molecular weight is 428 g/mol. The lowest BCUT2D eigenvalue weighted by molar-refractivity contribution is 0.0941. The predicted octanol–water partition coefficient (Wildman–Crippen LogP) is 4.77. The van der Waals surface area contributed by atoms with Gasteiger partial charge in [-0.3, -0.25) is 9.89 Å². The van der Waals surface area contributed by atoms with Crippen LogP contribution in [0.15, 0.2) is 59.1 Å². The van der Waals surface area contributed by atoms with Gasteiger partial charge in [0.15, 0.2) is 5.69 Å². The third kappa shape index (κ3) is 4.57.